The van der Waals surface area contributed by atoms with Gasteiger partial charge in [0, 0.05) is 22.8 Å². The van der Waals surface area contributed by atoms with E-state index in [1.54, 1.807) is 6.07 Å². The van der Waals surface area contributed by atoms with Gasteiger partial charge in [-0.2, -0.15) is 0 Å². The summed E-state index contributed by atoms with van der Waals surface area (Å²) in [5, 5.41) is 4.45. The predicted molar refractivity (Wildman–Crippen MR) is 92.6 cm³/mol. The Morgan fingerprint density at radius 1 is 0.955 bits per heavy atom. The van der Waals surface area contributed by atoms with E-state index in [9.17, 15) is 0 Å². The third kappa shape index (κ3) is 4.46. The van der Waals surface area contributed by atoms with Crippen molar-refractivity contribution in [2.75, 3.05) is 18.5 Å². The Hall–Kier alpha value is -1.58. The smallest absolute Gasteiger partial charge is 0.142 e. The summed E-state index contributed by atoms with van der Waals surface area (Å²) < 4.78 is 11.0. The number of rotatable bonds is 7. The first-order chi connectivity index (χ1) is 10.6. The van der Waals surface area contributed by atoms with Crippen LogP contribution in [-0.4, -0.2) is 13.2 Å². The van der Waals surface area contributed by atoms with Crippen molar-refractivity contribution >= 4 is 28.9 Å². The summed E-state index contributed by atoms with van der Waals surface area (Å²) in [6.45, 7) is 5.67. The van der Waals surface area contributed by atoms with Gasteiger partial charge in [-0.15, -0.1) is 0 Å². The van der Waals surface area contributed by atoms with Gasteiger partial charge in [-0.05, 0) is 50.2 Å². The number of nitrogens with one attached hydrogen (secondary N) is 1. The van der Waals surface area contributed by atoms with Crippen LogP contribution in [-0.2, 0) is 6.54 Å². The van der Waals surface area contributed by atoms with E-state index in [0.717, 1.165) is 17.0 Å². The largest absolute Gasteiger partial charge is 0.494 e. The molecule has 0 bridgehead atoms. The molecule has 0 heterocycles. The normalized spacial score (nSPS) is 10.4. The molecule has 1 N–H and O–H groups in total. The SMILES string of the molecule is CCOc1ccc(NCc2cc(Cl)cc(Cl)c2OCC)cc1. The van der Waals surface area contributed by atoms with Gasteiger partial charge in [0.05, 0.1) is 18.2 Å². The summed E-state index contributed by atoms with van der Waals surface area (Å²) in [6, 6.07) is 11.4. The lowest BCUT2D eigenvalue weighted by molar-refractivity contribution is 0.337. The van der Waals surface area contributed by atoms with Crippen molar-refractivity contribution in [1.29, 1.82) is 0 Å². The van der Waals surface area contributed by atoms with Crippen LogP contribution in [0.25, 0.3) is 0 Å². The highest BCUT2D eigenvalue weighted by Gasteiger charge is 2.10. The van der Waals surface area contributed by atoms with Gasteiger partial charge < -0.3 is 14.8 Å². The molecule has 0 aromatic heterocycles. The molecule has 118 valence electrons. The molecule has 0 aliphatic carbocycles. The molecule has 0 unspecified atom stereocenters. The molecule has 0 saturated heterocycles. The second kappa shape index (κ2) is 8.16. The summed E-state index contributed by atoms with van der Waals surface area (Å²) in [4.78, 5) is 0. The first-order valence-electron chi connectivity index (χ1n) is 7.21. The Bertz CT molecular complexity index is 615. The number of hydrogen-bond donors (Lipinski definition) is 1. The molecule has 0 aliphatic rings. The molecular formula is C17H19Cl2NO2. The van der Waals surface area contributed by atoms with Gasteiger partial charge in [-0.25, -0.2) is 0 Å². The second-order valence-corrected chi connectivity index (χ2v) is 5.46. The van der Waals surface area contributed by atoms with Gasteiger partial charge in [-0.1, -0.05) is 23.2 Å². The van der Waals surface area contributed by atoms with Crippen LogP contribution in [0.2, 0.25) is 10.0 Å². The van der Waals surface area contributed by atoms with E-state index < -0.39 is 0 Å². The summed E-state index contributed by atoms with van der Waals surface area (Å²) >= 11 is 12.3. The molecular weight excluding hydrogens is 321 g/mol. The van der Waals surface area contributed by atoms with E-state index in [2.05, 4.69) is 5.32 Å². The van der Waals surface area contributed by atoms with Crippen LogP contribution in [0.5, 0.6) is 11.5 Å². The Morgan fingerprint density at radius 3 is 2.27 bits per heavy atom. The third-order valence-electron chi connectivity index (χ3n) is 3.02. The second-order valence-electron chi connectivity index (χ2n) is 4.62. The summed E-state index contributed by atoms with van der Waals surface area (Å²) in [6.07, 6.45) is 0. The number of halogens is 2. The van der Waals surface area contributed by atoms with Crippen molar-refractivity contribution in [2.24, 2.45) is 0 Å². The van der Waals surface area contributed by atoms with Gasteiger partial charge in [0.2, 0.25) is 0 Å². The van der Waals surface area contributed by atoms with Crippen LogP contribution in [0.4, 0.5) is 5.69 Å². The van der Waals surface area contributed by atoms with Gasteiger partial charge in [0.1, 0.15) is 11.5 Å². The van der Waals surface area contributed by atoms with Crippen LogP contribution in [0.3, 0.4) is 0 Å². The molecule has 0 fully saturated rings. The van der Waals surface area contributed by atoms with Crippen molar-refractivity contribution in [1.82, 2.24) is 0 Å². The zero-order chi connectivity index (χ0) is 15.9. The minimum atomic E-state index is 0.526. The van der Waals surface area contributed by atoms with E-state index in [1.165, 1.54) is 0 Å². The minimum absolute atomic E-state index is 0.526. The fourth-order valence-electron chi connectivity index (χ4n) is 2.08. The molecule has 2 aromatic carbocycles. The van der Waals surface area contributed by atoms with Gasteiger partial charge in [-0.3, -0.25) is 0 Å². The Balaban J connectivity index is 2.10. The van der Waals surface area contributed by atoms with Gasteiger partial charge in [0.25, 0.3) is 0 Å². The van der Waals surface area contributed by atoms with Crippen LogP contribution in [0.1, 0.15) is 19.4 Å². The highest BCUT2D eigenvalue weighted by atomic mass is 35.5. The highest BCUT2D eigenvalue weighted by Crippen LogP contribution is 2.33. The molecule has 0 atom stereocenters. The van der Waals surface area contributed by atoms with Crippen molar-refractivity contribution in [3.8, 4) is 11.5 Å². The molecule has 3 nitrogen and oxygen atoms in total. The predicted octanol–water partition coefficient (Wildman–Crippen LogP) is 5.40. The van der Waals surface area contributed by atoms with Gasteiger partial charge in [0.15, 0.2) is 0 Å². The van der Waals surface area contributed by atoms with E-state index in [4.69, 9.17) is 32.7 Å². The molecule has 0 spiro atoms. The molecule has 2 rings (SSSR count). The Morgan fingerprint density at radius 2 is 1.64 bits per heavy atom. The lowest BCUT2D eigenvalue weighted by atomic mass is 10.2. The molecule has 2 aromatic rings. The van der Waals surface area contributed by atoms with Crippen molar-refractivity contribution in [2.45, 2.75) is 20.4 Å². The first-order valence-corrected chi connectivity index (χ1v) is 7.97. The fourth-order valence-corrected chi connectivity index (χ4v) is 2.67. The lowest BCUT2D eigenvalue weighted by Gasteiger charge is -2.14. The first kappa shape index (κ1) is 16.8. The average Bonchev–Trinajstić information content (AvgIpc) is 2.50. The Labute approximate surface area is 141 Å². The monoisotopic (exact) mass is 339 g/mol. The number of ether oxygens (including phenoxy) is 2. The maximum Gasteiger partial charge on any atom is 0.142 e. The highest BCUT2D eigenvalue weighted by molar-refractivity contribution is 6.35. The molecule has 5 heteroatoms. The van der Waals surface area contributed by atoms with Gasteiger partial charge >= 0.3 is 0 Å². The molecule has 0 saturated carbocycles. The molecule has 0 radical (unpaired) electrons. The summed E-state index contributed by atoms with van der Waals surface area (Å²) in [5.41, 5.74) is 1.91. The molecule has 0 amide bonds. The van der Waals surface area contributed by atoms with Crippen LogP contribution in [0, 0.1) is 0 Å². The molecule has 0 aliphatic heterocycles. The van der Waals surface area contributed by atoms with E-state index >= 15 is 0 Å². The van der Waals surface area contributed by atoms with Crippen LogP contribution < -0.4 is 14.8 Å². The zero-order valence-corrected chi connectivity index (χ0v) is 14.2. The lowest BCUT2D eigenvalue weighted by Crippen LogP contribution is -2.04. The third-order valence-corrected chi connectivity index (χ3v) is 3.52. The van der Waals surface area contributed by atoms with Crippen LogP contribution >= 0.6 is 23.2 Å². The fraction of sp³-hybridized carbons (Fsp3) is 0.294. The van der Waals surface area contributed by atoms with Crippen molar-refractivity contribution in [3.05, 3.63) is 52.0 Å². The quantitative estimate of drug-likeness (QED) is 0.732. The van der Waals surface area contributed by atoms with E-state index in [1.807, 2.05) is 44.2 Å². The van der Waals surface area contributed by atoms with Crippen LogP contribution in [0.15, 0.2) is 36.4 Å². The average molecular weight is 340 g/mol. The number of hydrogen-bond acceptors (Lipinski definition) is 3. The van der Waals surface area contributed by atoms with Crippen molar-refractivity contribution in [3.63, 3.8) is 0 Å². The standard InChI is InChI=1S/C17H19Cl2NO2/c1-3-21-15-7-5-14(6-8-15)20-11-12-9-13(18)10-16(19)17(12)22-4-2/h5-10,20H,3-4,11H2,1-2H3. The Kier molecular flexibility index (Phi) is 6.22. The molecule has 22 heavy (non-hydrogen) atoms. The number of benzene rings is 2. The minimum Gasteiger partial charge on any atom is -0.494 e. The zero-order valence-electron chi connectivity index (χ0n) is 12.7. The summed E-state index contributed by atoms with van der Waals surface area (Å²) in [7, 11) is 0. The maximum absolute atomic E-state index is 6.20. The maximum atomic E-state index is 6.20. The number of anilines is 1. The summed E-state index contributed by atoms with van der Waals surface area (Å²) in [5.74, 6) is 1.53. The van der Waals surface area contributed by atoms with Crippen molar-refractivity contribution < 1.29 is 9.47 Å². The van der Waals surface area contributed by atoms with E-state index in [-0.39, 0.29) is 0 Å². The van der Waals surface area contributed by atoms with E-state index in [0.29, 0.717) is 35.6 Å². The topological polar surface area (TPSA) is 30.5 Å².